The first-order chi connectivity index (χ1) is 8.81. The van der Waals surface area contributed by atoms with Crippen LogP contribution < -0.4 is 10.5 Å². The molecule has 0 bridgehead atoms. The van der Waals surface area contributed by atoms with Crippen LogP contribution in [0.1, 0.15) is 13.3 Å². The highest BCUT2D eigenvalue weighted by molar-refractivity contribution is 7.89. The molecule has 7 nitrogen and oxygen atoms in total. The minimum Gasteiger partial charge on any atom is -0.397 e. The van der Waals surface area contributed by atoms with Crippen LogP contribution in [0.25, 0.3) is 0 Å². The molecule has 1 aliphatic carbocycles. The smallest absolute Gasteiger partial charge is 0.271 e. The number of anilines is 1. The number of hydrogen-bond donors (Lipinski definition) is 2. The summed E-state index contributed by atoms with van der Waals surface area (Å²) in [4.78, 5) is 9.82. The number of nitrogens with two attached hydrogens (primary N) is 1. The lowest BCUT2D eigenvalue weighted by atomic mass is 10.3. The highest BCUT2D eigenvalue weighted by atomic mass is 32.2. The molecule has 2 atom stereocenters. The van der Waals surface area contributed by atoms with Crippen LogP contribution in [-0.4, -0.2) is 19.9 Å². The van der Waals surface area contributed by atoms with E-state index in [1.807, 2.05) is 0 Å². The van der Waals surface area contributed by atoms with Gasteiger partial charge in [0.15, 0.2) is 0 Å². The molecule has 0 aromatic heterocycles. The lowest BCUT2D eigenvalue weighted by molar-refractivity contribution is -0.384. The van der Waals surface area contributed by atoms with E-state index in [9.17, 15) is 18.5 Å². The zero-order chi connectivity index (χ0) is 14.2. The fraction of sp³-hybridized carbons (Fsp3) is 0.455. The number of nitrogen functional groups attached to an aromatic ring is 1. The molecule has 0 saturated heterocycles. The molecule has 1 aromatic carbocycles. The normalized spacial score (nSPS) is 22.2. The van der Waals surface area contributed by atoms with Gasteiger partial charge in [-0.1, -0.05) is 6.92 Å². The van der Waals surface area contributed by atoms with Crippen LogP contribution >= 0.6 is 0 Å². The van der Waals surface area contributed by atoms with Gasteiger partial charge >= 0.3 is 0 Å². The third-order valence-corrected chi connectivity index (χ3v) is 4.80. The van der Waals surface area contributed by atoms with Crippen LogP contribution in [-0.2, 0) is 10.0 Å². The van der Waals surface area contributed by atoms with Gasteiger partial charge in [0.2, 0.25) is 10.0 Å². The molecule has 1 fully saturated rings. The van der Waals surface area contributed by atoms with E-state index in [1.165, 1.54) is 0 Å². The van der Waals surface area contributed by atoms with E-state index in [1.54, 1.807) is 0 Å². The summed E-state index contributed by atoms with van der Waals surface area (Å²) >= 11 is 0. The molecule has 3 N–H and O–H groups in total. The molecule has 0 spiro atoms. The minimum absolute atomic E-state index is 0.119. The van der Waals surface area contributed by atoms with E-state index >= 15 is 0 Å². The number of sulfonamides is 1. The number of nitrogens with one attached hydrogen (secondary N) is 1. The number of nitro benzene ring substituents is 1. The molecule has 2 unspecified atom stereocenters. The van der Waals surface area contributed by atoms with E-state index in [2.05, 4.69) is 11.6 Å². The third-order valence-electron chi connectivity index (χ3n) is 3.31. The fourth-order valence-corrected chi connectivity index (χ4v) is 3.08. The van der Waals surface area contributed by atoms with Crippen molar-refractivity contribution in [2.75, 3.05) is 12.3 Å². The number of rotatable bonds is 5. The second-order valence-electron chi connectivity index (χ2n) is 4.80. The number of nitro groups is 1. The van der Waals surface area contributed by atoms with Gasteiger partial charge in [-0.15, -0.1) is 0 Å². The van der Waals surface area contributed by atoms with Crippen LogP contribution in [0.15, 0.2) is 23.1 Å². The summed E-state index contributed by atoms with van der Waals surface area (Å²) in [6.07, 6.45) is 1.01. The average molecular weight is 285 g/mol. The Hall–Kier alpha value is -1.67. The molecule has 1 aromatic rings. The van der Waals surface area contributed by atoms with Crippen molar-refractivity contribution in [2.45, 2.75) is 18.2 Å². The Kier molecular flexibility index (Phi) is 3.46. The second-order valence-corrected chi connectivity index (χ2v) is 6.54. The van der Waals surface area contributed by atoms with Crippen LogP contribution in [0.4, 0.5) is 11.4 Å². The highest BCUT2D eigenvalue weighted by Gasteiger charge is 2.33. The quantitative estimate of drug-likeness (QED) is 0.477. The molecule has 1 saturated carbocycles. The van der Waals surface area contributed by atoms with Gasteiger partial charge in [-0.2, -0.15) is 0 Å². The van der Waals surface area contributed by atoms with Crippen LogP contribution in [0.3, 0.4) is 0 Å². The number of non-ortho nitro benzene ring substituents is 1. The van der Waals surface area contributed by atoms with Gasteiger partial charge in [-0.3, -0.25) is 10.1 Å². The van der Waals surface area contributed by atoms with E-state index in [0.717, 1.165) is 24.6 Å². The molecule has 0 aliphatic heterocycles. The van der Waals surface area contributed by atoms with Gasteiger partial charge in [-0.05, 0) is 24.3 Å². The number of hydrogen-bond acceptors (Lipinski definition) is 5. The fourth-order valence-electron chi connectivity index (χ4n) is 1.87. The Morgan fingerprint density at radius 3 is 2.63 bits per heavy atom. The average Bonchev–Trinajstić information content (AvgIpc) is 3.02. The van der Waals surface area contributed by atoms with Crippen molar-refractivity contribution in [1.29, 1.82) is 0 Å². The first-order valence-electron chi connectivity index (χ1n) is 5.85. The molecule has 8 heteroatoms. The summed E-state index contributed by atoms with van der Waals surface area (Å²) in [5.74, 6) is 0.908. The molecule has 0 heterocycles. The van der Waals surface area contributed by atoms with E-state index in [4.69, 9.17) is 5.73 Å². The predicted molar refractivity (Wildman–Crippen MR) is 70.0 cm³/mol. The van der Waals surface area contributed by atoms with E-state index in [-0.39, 0.29) is 16.3 Å². The monoisotopic (exact) mass is 285 g/mol. The summed E-state index contributed by atoms with van der Waals surface area (Å²) in [6, 6.07) is 3.34. The SMILES string of the molecule is CC1CC1CNS(=O)(=O)c1ccc([N+](=O)[O-])cc1N. The van der Waals surface area contributed by atoms with Gasteiger partial charge in [0.1, 0.15) is 4.90 Å². The first-order valence-corrected chi connectivity index (χ1v) is 7.33. The lowest BCUT2D eigenvalue weighted by Crippen LogP contribution is -2.27. The predicted octanol–water partition coefficient (Wildman–Crippen LogP) is 1.11. The van der Waals surface area contributed by atoms with Gasteiger partial charge in [0.25, 0.3) is 5.69 Å². The molecular formula is C11H15N3O4S. The Morgan fingerprint density at radius 2 is 2.16 bits per heavy atom. The Bertz CT molecular complexity index is 614. The summed E-state index contributed by atoms with van der Waals surface area (Å²) in [5, 5.41) is 10.6. The minimum atomic E-state index is -3.71. The van der Waals surface area contributed by atoms with Crippen molar-refractivity contribution < 1.29 is 13.3 Å². The zero-order valence-electron chi connectivity index (χ0n) is 10.4. The molecular weight excluding hydrogens is 270 g/mol. The van der Waals surface area contributed by atoms with Gasteiger partial charge in [0.05, 0.1) is 10.6 Å². The lowest BCUT2D eigenvalue weighted by Gasteiger charge is -2.08. The molecule has 0 amide bonds. The van der Waals surface area contributed by atoms with Crippen molar-refractivity contribution in [3.8, 4) is 0 Å². The van der Waals surface area contributed by atoms with Gasteiger partial charge in [-0.25, -0.2) is 13.1 Å². The van der Waals surface area contributed by atoms with Crippen molar-refractivity contribution in [2.24, 2.45) is 11.8 Å². The van der Waals surface area contributed by atoms with Gasteiger partial charge < -0.3 is 5.73 Å². The summed E-state index contributed by atoms with van der Waals surface area (Å²) in [6.45, 7) is 2.43. The second kappa shape index (κ2) is 4.78. The standard InChI is InChI=1S/C11H15N3O4S/c1-7-4-8(7)6-13-19(17,18)11-3-2-9(14(15)16)5-10(11)12/h2-3,5,7-8,13H,4,6,12H2,1H3. The van der Waals surface area contributed by atoms with Crippen molar-refractivity contribution >= 4 is 21.4 Å². The maximum atomic E-state index is 12.0. The van der Waals surface area contributed by atoms with E-state index < -0.39 is 14.9 Å². The first kappa shape index (κ1) is 13.8. The van der Waals surface area contributed by atoms with Crippen LogP contribution in [0.2, 0.25) is 0 Å². The van der Waals surface area contributed by atoms with Crippen LogP contribution in [0.5, 0.6) is 0 Å². The number of nitrogens with zero attached hydrogens (tertiary/aromatic N) is 1. The maximum absolute atomic E-state index is 12.0. The molecule has 0 radical (unpaired) electrons. The largest absolute Gasteiger partial charge is 0.397 e. The van der Waals surface area contributed by atoms with E-state index in [0.29, 0.717) is 18.4 Å². The third kappa shape index (κ3) is 3.02. The summed E-state index contributed by atoms with van der Waals surface area (Å²) < 4.78 is 26.5. The Labute approximate surface area is 111 Å². The van der Waals surface area contributed by atoms with Crippen molar-refractivity contribution in [3.63, 3.8) is 0 Å². The highest BCUT2D eigenvalue weighted by Crippen LogP contribution is 2.37. The van der Waals surface area contributed by atoms with Gasteiger partial charge in [0, 0.05) is 18.7 Å². The Morgan fingerprint density at radius 1 is 1.53 bits per heavy atom. The summed E-state index contributed by atoms with van der Waals surface area (Å²) in [5.41, 5.74) is 5.22. The Balaban J connectivity index is 2.17. The van der Waals surface area contributed by atoms with Crippen molar-refractivity contribution in [1.82, 2.24) is 4.72 Å². The summed E-state index contributed by atoms with van der Waals surface area (Å²) in [7, 11) is -3.71. The molecule has 1 aliphatic rings. The molecule has 19 heavy (non-hydrogen) atoms. The van der Waals surface area contributed by atoms with Crippen molar-refractivity contribution in [3.05, 3.63) is 28.3 Å². The maximum Gasteiger partial charge on any atom is 0.271 e. The number of benzene rings is 1. The topological polar surface area (TPSA) is 115 Å². The molecule has 104 valence electrons. The zero-order valence-corrected chi connectivity index (χ0v) is 11.2. The molecule has 2 rings (SSSR count). The van der Waals surface area contributed by atoms with Crippen LogP contribution in [0, 0.1) is 22.0 Å².